The molecule has 0 fully saturated rings. The molecule has 1 aromatic rings. The molecule has 1 unspecified atom stereocenters. The maximum atomic E-state index is 8.82. The van der Waals surface area contributed by atoms with Crippen molar-refractivity contribution in [2.75, 3.05) is 13.2 Å². The van der Waals surface area contributed by atoms with E-state index in [1.54, 1.807) is 11.3 Å². The van der Waals surface area contributed by atoms with Crippen molar-refractivity contribution >= 4 is 11.3 Å². The molecule has 1 rings (SSSR count). The maximum absolute atomic E-state index is 8.82. The van der Waals surface area contributed by atoms with E-state index >= 15 is 0 Å². The van der Waals surface area contributed by atoms with Crippen LogP contribution >= 0.6 is 11.3 Å². The standard InChI is InChI=1S/C11H19NOS/c1-10(8-13)3-2-5-12-7-11-4-6-14-9-11/h4,6,9-10,12-13H,2-3,5,7-8H2,1H3. The fourth-order valence-electron chi connectivity index (χ4n) is 1.29. The monoisotopic (exact) mass is 213 g/mol. The van der Waals surface area contributed by atoms with Crippen LogP contribution in [0.5, 0.6) is 0 Å². The molecule has 0 radical (unpaired) electrons. The summed E-state index contributed by atoms with van der Waals surface area (Å²) in [6, 6.07) is 2.15. The van der Waals surface area contributed by atoms with Gasteiger partial charge in [0.1, 0.15) is 0 Å². The van der Waals surface area contributed by atoms with E-state index in [9.17, 15) is 0 Å². The number of hydrogen-bond acceptors (Lipinski definition) is 3. The quantitative estimate of drug-likeness (QED) is 0.681. The third-order valence-corrected chi connectivity index (χ3v) is 3.00. The Balaban J connectivity index is 1.95. The lowest BCUT2D eigenvalue weighted by Crippen LogP contribution is -2.15. The highest BCUT2D eigenvalue weighted by molar-refractivity contribution is 7.07. The predicted molar refractivity (Wildman–Crippen MR) is 61.5 cm³/mol. The first-order valence-electron chi connectivity index (χ1n) is 5.15. The third-order valence-electron chi connectivity index (χ3n) is 2.27. The summed E-state index contributed by atoms with van der Waals surface area (Å²) in [4.78, 5) is 0. The highest BCUT2D eigenvalue weighted by Gasteiger charge is 1.98. The zero-order valence-corrected chi connectivity index (χ0v) is 9.52. The van der Waals surface area contributed by atoms with Gasteiger partial charge in [0.15, 0.2) is 0 Å². The van der Waals surface area contributed by atoms with E-state index in [4.69, 9.17) is 5.11 Å². The molecule has 2 N–H and O–H groups in total. The highest BCUT2D eigenvalue weighted by Crippen LogP contribution is 2.06. The molecular formula is C11H19NOS. The molecular weight excluding hydrogens is 194 g/mol. The maximum Gasteiger partial charge on any atom is 0.0456 e. The van der Waals surface area contributed by atoms with E-state index in [0.717, 1.165) is 25.9 Å². The summed E-state index contributed by atoms with van der Waals surface area (Å²) in [5, 5.41) is 16.5. The van der Waals surface area contributed by atoms with Gasteiger partial charge in [-0.15, -0.1) is 0 Å². The highest BCUT2D eigenvalue weighted by atomic mass is 32.1. The number of aliphatic hydroxyl groups excluding tert-OH is 1. The van der Waals surface area contributed by atoms with E-state index in [2.05, 4.69) is 29.1 Å². The van der Waals surface area contributed by atoms with Crippen molar-refractivity contribution in [2.24, 2.45) is 5.92 Å². The zero-order valence-electron chi connectivity index (χ0n) is 8.70. The van der Waals surface area contributed by atoms with Crippen molar-refractivity contribution in [2.45, 2.75) is 26.3 Å². The van der Waals surface area contributed by atoms with E-state index in [1.807, 2.05) is 0 Å². The fraction of sp³-hybridized carbons (Fsp3) is 0.636. The van der Waals surface area contributed by atoms with Gasteiger partial charge in [0.2, 0.25) is 0 Å². The molecule has 0 aliphatic heterocycles. The molecule has 1 aromatic heterocycles. The van der Waals surface area contributed by atoms with Crippen molar-refractivity contribution in [3.05, 3.63) is 22.4 Å². The average molecular weight is 213 g/mol. The van der Waals surface area contributed by atoms with Crippen LogP contribution in [0.25, 0.3) is 0 Å². The number of rotatable bonds is 7. The van der Waals surface area contributed by atoms with E-state index in [0.29, 0.717) is 12.5 Å². The number of hydrogen-bond donors (Lipinski definition) is 2. The molecule has 0 aliphatic rings. The summed E-state index contributed by atoms with van der Waals surface area (Å²) >= 11 is 1.74. The molecule has 0 amide bonds. The summed E-state index contributed by atoms with van der Waals surface area (Å²) in [5.74, 6) is 0.443. The minimum atomic E-state index is 0.310. The summed E-state index contributed by atoms with van der Waals surface area (Å²) in [6.07, 6.45) is 2.25. The van der Waals surface area contributed by atoms with Crippen molar-refractivity contribution in [3.63, 3.8) is 0 Å². The Hall–Kier alpha value is -0.380. The zero-order chi connectivity index (χ0) is 10.2. The minimum absolute atomic E-state index is 0.310. The second-order valence-corrected chi connectivity index (χ2v) is 4.52. The largest absolute Gasteiger partial charge is 0.396 e. The van der Waals surface area contributed by atoms with E-state index in [-0.39, 0.29) is 0 Å². The number of aliphatic hydroxyl groups is 1. The Morgan fingerprint density at radius 1 is 1.57 bits per heavy atom. The second-order valence-electron chi connectivity index (χ2n) is 3.74. The molecule has 3 heteroatoms. The fourth-order valence-corrected chi connectivity index (χ4v) is 1.96. The SMILES string of the molecule is CC(CO)CCCNCc1ccsc1. The lowest BCUT2D eigenvalue weighted by molar-refractivity contribution is 0.228. The summed E-state index contributed by atoms with van der Waals surface area (Å²) in [5.41, 5.74) is 1.37. The van der Waals surface area contributed by atoms with Gasteiger partial charge in [-0.25, -0.2) is 0 Å². The molecule has 1 atom stereocenters. The molecule has 0 aromatic carbocycles. The van der Waals surface area contributed by atoms with Gasteiger partial charge in [-0.3, -0.25) is 0 Å². The van der Waals surface area contributed by atoms with Gasteiger partial charge in [-0.05, 0) is 47.7 Å². The van der Waals surface area contributed by atoms with Crippen LogP contribution in [-0.2, 0) is 6.54 Å². The molecule has 2 nitrogen and oxygen atoms in total. The first-order valence-corrected chi connectivity index (χ1v) is 6.10. The molecule has 0 spiro atoms. The van der Waals surface area contributed by atoms with Gasteiger partial charge in [0.05, 0.1) is 0 Å². The van der Waals surface area contributed by atoms with Crippen LogP contribution in [0.1, 0.15) is 25.3 Å². The topological polar surface area (TPSA) is 32.3 Å². The van der Waals surface area contributed by atoms with Crippen molar-refractivity contribution < 1.29 is 5.11 Å². The number of thiophene rings is 1. The summed E-state index contributed by atoms with van der Waals surface area (Å²) in [6.45, 7) is 4.40. The van der Waals surface area contributed by atoms with E-state index < -0.39 is 0 Å². The molecule has 14 heavy (non-hydrogen) atoms. The average Bonchev–Trinajstić information content (AvgIpc) is 2.69. The Morgan fingerprint density at radius 3 is 3.07 bits per heavy atom. The van der Waals surface area contributed by atoms with Crippen LogP contribution in [0.15, 0.2) is 16.8 Å². The molecule has 0 aliphatic carbocycles. The van der Waals surface area contributed by atoms with Crippen molar-refractivity contribution in [3.8, 4) is 0 Å². The van der Waals surface area contributed by atoms with E-state index in [1.165, 1.54) is 5.56 Å². The minimum Gasteiger partial charge on any atom is -0.396 e. The Kier molecular flexibility index (Phi) is 5.83. The van der Waals surface area contributed by atoms with Crippen LogP contribution in [0.4, 0.5) is 0 Å². The van der Waals surface area contributed by atoms with Crippen LogP contribution in [0, 0.1) is 5.92 Å². The molecule has 0 saturated heterocycles. The number of nitrogens with one attached hydrogen (secondary N) is 1. The Bertz CT molecular complexity index is 223. The lowest BCUT2D eigenvalue weighted by Gasteiger charge is -2.07. The van der Waals surface area contributed by atoms with Gasteiger partial charge < -0.3 is 10.4 Å². The van der Waals surface area contributed by atoms with Gasteiger partial charge in [0.25, 0.3) is 0 Å². The molecule has 0 saturated carbocycles. The van der Waals surface area contributed by atoms with Crippen LogP contribution in [-0.4, -0.2) is 18.3 Å². The van der Waals surface area contributed by atoms with Crippen LogP contribution in [0.2, 0.25) is 0 Å². The van der Waals surface area contributed by atoms with Gasteiger partial charge >= 0.3 is 0 Å². The normalized spacial score (nSPS) is 13.0. The van der Waals surface area contributed by atoms with Gasteiger partial charge in [-0.2, -0.15) is 11.3 Å². The van der Waals surface area contributed by atoms with Crippen molar-refractivity contribution in [1.82, 2.24) is 5.32 Å². The Morgan fingerprint density at radius 2 is 2.43 bits per heavy atom. The second kappa shape index (κ2) is 6.98. The Labute approximate surface area is 90.0 Å². The lowest BCUT2D eigenvalue weighted by atomic mass is 10.1. The van der Waals surface area contributed by atoms with Gasteiger partial charge in [0, 0.05) is 13.2 Å². The first kappa shape index (κ1) is 11.7. The van der Waals surface area contributed by atoms with Crippen LogP contribution < -0.4 is 5.32 Å². The smallest absolute Gasteiger partial charge is 0.0456 e. The van der Waals surface area contributed by atoms with Crippen molar-refractivity contribution in [1.29, 1.82) is 0 Å². The summed E-state index contributed by atoms with van der Waals surface area (Å²) in [7, 11) is 0. The molecule has 1 heterocycles. The van der Waals surface area contributed by atoms with Crippen LogP contribution in [0.3, 0.4) is 0 Å². The third kappa shape index (κ3) is 4.74. The first-order chi connectivity index (χ1) is 6.83. The molecule has 0 bridgehead atoms. The van der Waals surface area contributed by atoms with Gasteiger partial charge in [-0.1, -0.05) is 6.92 Å². The summed E-state index contributed by atoms with van der Waals surface area (Å²) < 4.78 is 0. The molecule has 80 valence electrons. The predicted octanol–water partition coefficient (Wildman–Crippen LogP) is 2.25.